The van der Waals surface area contributed by atoms with Crippen LogP contribution in [0.2, 0.25) is 0 Å². The SMILES string of the molecule is C=C(C)[C@@H]1CC[C@]2(C(=O)O)CCC3(C)[C@H](CC[C@@H]4[C@@]5(C)CC[C@H](O)C(C)(C)C5CC[C@]43C)[C@@H]12. The fourth-order valence-electron chi connectivity index (χ4n) is 11.5. The lowest BCUT2D eigenvalue weighted by Crippen LogP contribution is -2.67. The Morgan fingerprint density at radius 2 is 1.52 bits per heavy atom. The first kappa shape index (κ1) is 23.9. The van der Waals surface area contributed by atoms with Gasteiger partial charge in [-0.2, -0.15) is 0 Å². The number of rotatable bonds is 2. The van der Waals surface area contributed by atoms with Crippen LogP contribution in [0.4, 0.5) is 0 Å². The van der Waals surface area contributed by atoms with Crippen LogP contribution in [0.3, 0.4) is 0 Å². The first-order valence-electron chi connectivity index (χ1n) is 13.8. The Morgan fingerprint density at radius 1 is 0.818 bits per heavy atom. The summed E-state index contributed by atoms with van der Waals surface area (Å²) in [7, 11) is 0. The molecule has 0 aromatic carbocycles. The Kier molecular flexibility index (Phi) is 5.15. The van der Waals surface area contributed by atoms with Crippen molar-refractivity contribution in [2.45, 2.75) is 112 Å². The number of fused-ring (bicyclic) bond motifs is 7. The first-order chi connectivity index (χ1) is 15.3. The van der Waals surface area contributed by atoms with E-state index >= 15 is 0 Å². The number of aliphatic carboxylic acids is 1. The number of carbonyl (C=O) groups is 1. The van der Waals surface area contributed by atoms with Crippen LogP contribution < -0.4 is 0 Å². The summed E-state index contributed by atoms with van der Waals surface area (Å²) in [6.45, 7) is 18.8. The zero-order valence-electron chi connectivity index (χ0n) is 22.0. The molecule has 10 atom stereocenters. The van der Waals surface area contributed by atoms with Gasteiger partial charge in [0.05, 0.1) is 11.5 Å². The van der Waals surface area contributed by atoms with Gasteiger partial charge in [0, 0.05) is 0 Å². The standard InChI is InChI=1S/C30H48O3/c1-18(2)19-10-15-30(25(32)33)17-16-28(6)20(24(19)30)8-9-22-27(5)13-12-23(31)26(3,4)21(27)11-14-29(22,28)7/h19-24,31H,1,8-17H2,2-7H3,(H,32,33)/t19-,20+,21?,22+,23-,24+,27-,28?,29+,30-/m0/s1. The van der Waals surface area contributed by atoms with Gasteiger partial charge >= 0.3 is 5.97 Å². The molecule has 0 radical (unpaired) electrons. The van der Waals surface area contributed by atoms with Crippen LogP contribution in [0.1, 0.15) is 106 Å². The third-order valence-corrected chi connectivity index (χ3v) is 13.5. The highest BCUT2D eigenvalue weighted by Crippen LogP contribution is 2.77. The van der Waals surface area contributed by atoms with Gasteiger partial charge in [0.25, 0.3) is 0 Å². The minimum absolute atomic E-state index is 0.0202. The molecule has 0 aliphatic heterocycles. The monoisotopic (exact) mass is 456 g/mol. The van der Waals surface area contributed by atoms with Crippen molar-refractivity contribution in [1.82, 2.24) is 0 Å². The topological polar surface area (TPSA) is 57.5 Å². The quantitative estimate of drug-likeness (QED) is 0.436. The second-order valence-electron chi connectivity index (χ2n) is 14.5. The predicted molar refractivity (Wildman–Crippen MR) is 133 cm³/mol. The van der Waals surface area contributed by atoms with Gasteiger partial charge in [0.1, 0.15) is 0 Å². The van der Waals surface area contributed by atoms with E-state index in [9.17, 15) is 15.0 Å². The largest absolute Gasteiger partial charge is 0.481 e. The van der Waals surface area contributed by atoms with Crippen LogP contribution in [0, 0.1) is 56.7 Å². The van der Waals surface area contributed by atoms with Gasteiger partial charge in [-0.1, -0.05) is 46.8 Å². The Hall–Kier alpha value is -0.830. The van der Waals surface area contributed by atoms with Crippen molar-refractivity contribution in [3.8, 4) is 0 Å². The molecule has 2 unspecified atom stereocenters. The van der Waals surface area contributed by atoms with E-state index in [4.69, 9.17) is 0 Å². The van der Waals surface area contributed by atoms with E-state index in [1.54, 1.807) is 0 Å². The number of aliphatic hydroxyl groups excluding tert-OH is 1. The normalized spacial score (nSPS) is 55.0. The van der Waals surface area contributed by atoms with Gasteiger partial charge in [0.2, 0.25) is 0 Å². The summed E-state index contributed by atoms with van der Waals surface area (Å²) in [6, 6.07) is 0. The summed E-state index contributed by atoms with van der Waals surface area (Å²) in [5, 5.41) is 21.4. The van der Waals surface area contributed by atoms with Crippen molar-refractivity contribution < 1.29 is 15.0 Å². The van der Waals surface area contributed by atoms with Gasteiger partial charge in [-0.25, -0.2) is 0 Å². The third-order valence-electron chi connectivity index (χ3n) is 13.5. The van der Waals surface area contributed by atoms with Crippen LogP contribution in [-0.2, 0) is 4.79 Å². The number of aliphatic hydroxyl groups is 1. The summed E-state index contributed by atoms with van der Waals surface area (Å²) in [6.07, 6.45) is 10.5. The second-order valence-corrected chi connectivity index (χ2v) is 14.5. The molecule has 3 nitrogen and oxygen atoms in total. The minimum Gasteiger partial charge on any atom is -0.481 e. The van der Waals surface area contributed by atoms with Crippen LogP contribution in [-0.4, -0.2) is 22.3 Å². The number of hydrogen-bond donors (Lipinski definition) is 2. The molecule has 0 saturated heterocycles. The molecule has 5 fully saturated rings. The van der Waals surface area contributed by atoms with Crippen molar-refractivity contribution in [1.29, 1.82) is 0 Å². The molecule has 5 aliphatic rings. The number of carboxylic acids is 1. The fraction of sp³-hybridized carbons (Fsp3) is 0.900. The Balaban J connectivity index is 1.57. The zero-order chi connectivity index (χ0) is 24.2. The van der Waals surface area contributed by atoms with E-state index in [0.29, 0.717) is 23.7 Å². The van der Waals surface area contributed by atoms with Gasteiger partial charge in [-0.05, 0) is 122 Å². The predicted octanol–water partition coefficient (Wildman–Crippen LogP) is 7.09. The van der Waals surface area contributed by atoms with E-state index in [-0.39, 0.29) is 33.7 Å². The van der Waals surface area contributed by atoms with Crippen LogP contribution >= 0.6 is 0 Å². The fourth-order valence-corrected chi connectivity index (χ4v) is 11.5. The molecule has 0 heterocycles. The molecule has 0 bridgehead atoms. The van der Waals surface area contributed by atoms with Crippen molar-refractivity contribution in [3.63, 3.8) is 0 Å². The Bertz CT molecular complexity index is 861. The van der Waals surface area contributed by atoms with E-state index in [1.165, 1.54) is 31.3 Å². The highest BCUT2D eigenvalue weighted by molar-refractivity contribution is 5.76. The molecular weight excluding hydrogens is 408 g/mol. The molecule has 5 saturated carbocycles. The van der Waals surface area contributed by atoms with Gasteiger partial charge < -0.3 is 10.2 Å². The average molecular weight is 457 g/mol. The van der Waals surface area contributed by atoms with E-state index in [0.717, 1.165) is 38.5 Å². The zero-order valence-corrected chi connectivity index (χ0v) is 22.0. The summed E-state index contributed by atoms with van der Waals surface area (Å²) in [5.41, 5.74) is 1.35. The summed E-state index contributed by atoms with van der Waals surface area (Å²) in [4.78, 5) is 12.8. The van der Waals surface area contributed by atoms with Crippen molar-refractivity contribution in [3.05, 3.63) is 12.2 Å². The number of allylic oxidation sites excluding steroid dienone is 1. The molecule has 3 heteroatoms. The van der Waals surface area contributed by atoms with Crippen molar-refractivity contribution in [2.24, 2.45) is 56.7 Å². The molecule has 0 spiro atoms. The lowest BCUT2D eigenvalue weighted by atomic mass is 9.32. The summed E-state index contributed by atoms with van der Waals surface area (Å²) < 4.78 is 0. The Labute approximate surface area is 201 Å². The molecular formula is C30H48O3. The van der Waals surface area contributed by atoms with Gasteiger partial charge in [-0.15, -0.1) is 0 Å². The lowest BCUT2D eigenvalue weighted by molar-refractivity contribution is -0.248. The number of hydrogen-bond acceptors (Lipinski definition) is 2. The van der Waals surface area contributed by atoms with Crippen molar-refractivity contribution >= 4 is 5.97 Å². The molecule has 0 amide bonds. The smallest absolute Gasteiger partial charge is 0.309 e. The summed E-state index contributed by atoms with van der Waals surface area (Å²) in [5.74, 6) is 1.79. The van der Waals surface area contributed by atoms with Crippen LogP contribution in [0.15, 0.2) is 12.2 Å². The lowest BCUT2D eigenvalue weighted by Gasteiger charge is -2.72. The molecule has 0 aromatic heterocycles. The van der Waals surface area contributed by atoms with Crippen molar-refractivity contribution in [2.75, 3.05) is 0 Å². The molecule has 2 N–H and O–H groups in total. The average Bonchev–Trinajstić information content (AvgIpc) is 3.13. The van der Waals surface area contributed by atoms with E-state index in [1.807, 2.05) is 0 Å². The summed E-state index contributed by atoms with van der Waals surface area (Å²) >= 11 is 0. The Morgan fingerprint density at radius 3 is 2.15 bits per heavy atom. The second kappa shape index (κ2) is 7.11. The maximum absolute atomic E-state index is 12.8. The highest BCUT2D eigenvalue weighted by atomic mass is 16.4. The number of carboxylic acid groups (broad SMARTS) is 1. The molecule has 33 heavy (non-hydrogen) atoms. The first-order valence-corrected chi connectivity index (χ1v) is 13.8. The maximum atomic E-state index is 12.8. The van der Waals surface area contributed by atoms with E-state index in [2.05, 4.69) is 48.1 Å². The van der Waals surface area contributed by atoms with Gasteiger partial charge in [0.15, 0.2) is 0 Å². The van der Waals surface area contributed by atoms with Crippen LogP contribution in [0.5, 0.6) is 0 Å². The van der Waals surface area contributed by atoms with E-state index < -0.39 is 11.4 Å². The minimum atomic E-state index is -0.538. The molecule has 5 aliphatic carbocycles. The van der Waals surface area contributed by atoms with Crippen LogP contribution in [0.25, 0.3) is 0 Å². The van der Waals surface area contributed by atoms with Gasteiger partial charge in [-0.3, -0.25) is 4.79 Å². The third kappa shape index (κ3) is 2.75. The molecule has 5 rings (SSSR count). The maximum Gasteiger partial charge on any atom is 0.309 e. The highest BCUT2D eigenvalue weighted by Gasteiger charge is 2.71. The molecule has 186 valence electrons. The molecule has 0 aromatic rings.